The van der Waals surface area contributed by atoms with Crippen LogP contribution in [0.3, 0.4) is 0 Å². The molecule has 2 aliphatic rings. The van der Waals surface area contributed by atoms with Crippen molar-refractivity contribution in [2.24, 2.45) is 0 Å². The molecule has 2 aliphatic heterocycles. The van der Waals surface area contributed by atoms with Gasteiger partial charge in [-0.05, 0) is 26.8 Å². The summed E-state index contributed by atoms with van der Waals surface area (Å²) in [7, 11) is 0. The van der Waals surface area contributed by atoms with E-state index in [9.17, 15) is 0 Å². The third-order valence-electron chi connectivity index (χ3n) is 4.14. The summed E-state index contributed by atoms with van der Waals surface area (Å²) in [5, 5.41) is 5.27. The molecule has 1 aromatic heterocycles. The summed E-state index contributed by atoms with van der Waals surface area (Å²) in [6, 6.07) is 0. The van der Waals surface area contributed by atoms with Crippen LogP contribution < -0.4 is 0 Å². The summed E-state index contributed by atoms with van der Waals surface area (Å²) in [6.45, 7) is 8.99. The van der Waals surface area contributed by atoms with Crippen LogP contribution in [-0.2, 0) is 22.6 Å². The third kappa shape index (κ3) is 2.60. The van der Waals surface area contributed by atoms with Gasteiger partial charge in [-0.3, -0.25) is 9.58 Å². The number of ether oxygens (including phenoxy) is 2. The van der Waals surface area contributed by atoms with E-state index >= 15 is 0 Å². The molecule has 2 fully saturated rings. The van der Waals surface area contributed by atoms with E-state index in [1.807, 2.05) is 11.6 Å². The minimum Gasteiger partial charge on any atom is -0.346 e. The van der Waals surface area contributed by atoms with Gasteiger partial charge in [-0.2, -0.15) is 5.10 Å². The van der Waals surface area contributed by atoms with E-state index in [1.54, 1.807) is 0 Å². The number of aryl methyl sites for hydroxylation is 2. The van der Waals surface area contributed by atoms with Crippen LogP contribution in [0.25, 0.3) is 0 Å². The molecule has 0 atom stereocenters. The van der Waals surface area contributed by atoms with Crippen LogP contribution in [0.1, 0.15) is 31.2 Å². The van der Waals surface area contributed by atoms with Gasteiger partial charge in [0.1, 0.15) is 0 Å². The van der Waals surface area contributed by atoms with Crippen LogP contribution in [0, 0.1) is 6.92 Å². The minimum atomic E-state index is -0.378. The van der Waals surface area contributed by atoms with Gasteiger partial charge in [-0.25, -0.2) is 0 Å². The van der Waals surface area contributed by atoms with E-state index in [-0.39, 0.29) is 5.79 Å². The fourth-order valence-corrected chi connectivity index (χ4v) is 3.37. The summed E-state index contributed by atoms with van der Waals surface area (Å²) in [5.74, 6) is -0.378. The predicted molar refractivity (Wildman–Crippen MR) is 76.8 cm³/mol. The molecular weight excluding hydrogens is 278 g/mol. The van der Waals surface area contributed by atoms with Crippen molar-refractivity contribution in [1.82, 2.24) is 14.7 Å². The van der Waals surface area contributed by atoms with Gasteiger partial charge in [0.05, 0.1) is 36.2 Å². The Hall–Kier alpha value is -0.620. The average molecular weight is 300 g/mol. The number of piperidine rings is 1. The molecule has 112 valence electrons. The van der Waals surface area contributed by atoms with Crippen LogP contribution >= 0.6 is 11.6 Å². The van der Waals surface area contributed by atoms with Crippen molar-refractivity contribution in [3.8, 4) is 0 Å². The van der Waals surface area contributed by atoms with Crippen molar-refractivity contribution >= 4 is 11.6 Å². The Bertz CT molecular complexity index is 483. The minimum absolute atomic E-state index is 0.378. The van der Waals surface area contributed by atoms with E-state index < -0.39 is 0 Å². The average Bonchev–Trinajstić information content (AvgIpc) is 2.99. The first-order chi connectivity index (χ1) is 9.63. The van der Waals surface area contributed by atoms with E-state index in [2.05, 4.69) is 16.9 Å². The highest BCUT2D eigenvalue weighted by molar-refractivity contribution is 6.31. The molecule has 5 nitrogen and oxygen atoms in total. The highest BCUT2D eigenvalue weighted by Crippen LogP contribution is 2.31. The fourth-order valence-electron chi connectivity index (χ4n) is 3.17. The van der Waals surface area contributed by atoms with Gasteiger partial charge in [0.25, 0.3) is 0 Å². The standard InChI is InChI=1S/C14H22ClN3O2/c1-3-18-12(13(15)11(2)16-18)9-17-6-4-5-14(10-17)19-7-8-20-14/h3-10H2,1-2H3. The third-order valence-corrected chi connectivity index (χ3v) is 4.63. The number of aromatic nitrogens is 2. The Balaban J connectivity index is 1.74. The molecule has 0 saturated carbocycles. The zero-order valence-corrected chi connectivity index (χ0v) is 12.9. The maximum absolute atomic E-state index is 6.39. The molecule has 3 rings (SSSR count). The highest BCUT2D eigenvalue weighted by atomic mass is 35.5. The Kier molecular flexibility index (Phi) is 4.04. The van der Waals surface area contributed by atoms with Crippen molar-refractivity contribution < 1.29 is 9.47 Å². The largest absolute Gasteiger partial charge is 0.346 e. The number of halogens is 1. The maximum atomic E-state index is 6.39. The van der Waals surface area contributed by atoms with Gasteiger partial charge in [0.2, 0.25) is 0 Å². The number of likely N-dealkylation sites (tertiary alicyclic amines) is 1. The lowest BCUT2D eigenvalue weighted by Crippen LogP contribution is -2.48. The SMILES string of the molecule is CCn1nc(C)c(Cl)c1CN1CCCC2(C1)OCCO2. The lowest BCUT2D eigenvalue weighted by atomic mass is 10.0. The number of nitrogens with zero attached hydrogens (tertiary/aromatic N) is 3. The fraction of sp³-hybridized carbons (Fsp3) is 0.786. The first kappa shape index (κ1) is 14.3. The molecule has 0 aromatic carbocycles. The molecule has 0 bridgehead atoms. The normalized spacial score (nSPS) is 22.8. The van der Waals surface area contributed by atoms with Crippen LogP contribution in [0.5, 0.6) is 0 Å². The molecule has 3 heterocycles. The molecule has 0 radical (unpaired) electrons. The maximum Gasteiger partial charge on any atom is 0.181 e. The monoisotopic (exact) mass is 299 g/mol. The summed E-state index contributed by atoms with van der Waals surface area (Å²) < 4.78 is 13.6. The Morgan fingerprint density at radius 3 is 2.80 bits per heavy atom. The Morgan fingerprint density at radius 2 is 2.10 bits per heavy atom. The second-order valence-corrected chi connectivity index (χ2v) is 5.96. The first-order valence-corrected chi connectivity index (χ1v) is 7.73. The van der Waals surface area contributed by atoms with Crippen LogP contribution in [0.15, 0.2) is 0 Å². The summed E-state index contributed by atoms with van der Waals surface area (Å²) in [4.78, 5) is 2.36. The molecule has 0 unspecified atom stereocenters. The second-order valence-electron chi connectivity index (χ2n) is 5.58. The van der Waals surface area contributed by atoms with Crippen LogP contribution in [-0.4, -0.2) is 46.8 Å². The van der Waals surface area contributed by atoms with Gasteiger partial charge in [0, 0.05) is 19.5 Å². The number of hydrogen-bond donors (Lipinski definition) is 0. The van der Waals surface area contributed by atoms with Crippen molar-refractivity contribution in [2.75, 3.05) is 26.3 Å². The molecule has 6 heteroatoms. The van der Waals surface area contributed by atoms with E-state index in [1.165, 1.54) is 0 Å². The number of hydrogen-bond acceptors (Lipinski definition) is 4. The van der Waals surface area contributed by atoms with E-state index in [4.69, 9.17) is 21.1 Å². The molecule has 0 aliphatic carbocycles. The van der Waals surface area contributed by atoms with Gasteiger partial charge in [-0.1, -0.05) is 11.6 Å². The Labute approximate surface area is 124 Å². The highest BCUT2D eigenvalue weighted by Gasteiger charge is 2.40. The van der Waals surface area contributed by atoms with Crippen molar-refractivity contribution in [1.29, 1.82) is 0 Å². The lowest BCUT2D eigenvalue weighted by Gasteiger charge is -2.38. The lowest BCUT2D eigenvalue weighted by molar-refractivity contribution is -0.190. The predicted octanol–water partition coefficient (Wildman–Crippen LogP) is 2.20. The number of rotatable bonds is 3. The van der Waals surface area contributed by atoms with Gasteiger partial charge in [-0.15, -0.1) is 0 Å². The van der Waals surface area contributed by atoms with Gasteiger partial charge < -0.3 is 9.47 Å². The Morgan fingerprint density at radius 1 is 1.35 bits per heavy atom. The summed E-state index contributed by atoms with van der Waals surface area (Å²) in [6.07, 6.45) is 2.08. The first-order valence-electron chi connectivity index (χ1n) is 7.35. The van der Waals surface area contributed by atoms with E-state index in [0.29, 0.717) is 13.2 Å². The smallest absolute Gasteiger partial charge is 0.181 e. The van der Waals surface area contributed by atoms with Gasteiger partial charge >= 0.3 is 0 Å². The zero-order valence-electron chi connectivity index (χ0n) is 12.2. The summed E-state index contributed by atoms with van der Waals surface area (Å²) >= 11 is 6.39. The zero-order chi connectivity index (χ0) is 14.2. The molecule has 1 aromatic rings. The van der Waals surface area contributed by atoms with Crippen molar-refractivity contribution in [2.45, 2.75) is 45.6 Å². The molecule has 0 amide bonds. The van der Waals surface area contributed by atoms with E-state index in [0.717, 1.165) is 55.4 Å². The molecule has 0 N–H and O–H groups in total. The second kappa shape index (κ2) is 5.64. The summed E-state index contributed by atoms with van der Waals surface area (Å²) in [5.41, 5.74) is 2.00. The van der Waals surface area contributed by atoms with Crippen molar-refractivity contribution in [3.05, 3.63) is 16.4 Å². The van der Waals surface area contributed by atoms with Crippen LogP contribution in [0.4, 0.5) is 0 Å². The molecule has 2 saturated heterocycles. The topological polar surface area (TPSA) is 39.5 Å². The van der Waals surface area contributed by atoms with Crippen LogP contribution in [0.2, 0.25) is 5.02 Å². The molecular formula is C14H22ClN3O2. The quantitative estimate of drug-likeness (QED) is 0.858. The van der Waals surface area contributed by atoms with Gasteiger partial charge in [0.15, 0.2) is 5.79 Å². The molecule has 20 heavy (non-hydrogen) atoms. The molecule has 1 spiro atoms. The van der Waals surface area contributed by atoms with Crippen molar-refractivity contribution in [3.63, 3.8) is 0 Å².